The number of nitrogens with two attached hydrogens (primary N) is 1. The second kappa shape index (κ2) is 5.66. The molecule has 3 N–H and O–H groups in total. The van der Waals surface area contributed by atoms with Crippen LogP contribution in [-0.2, 0) is 0 Å². The third kappa shape index (κ3) is 3.47. The van der Waals surface area contributed by atoms with Crippen LogP contribution in [0, 0.1) is 6.92 Å². The van der Waals surface area contributed by atoms with Crippen molar-refractivity contribution in [2.75, 3.05) is 24.3 Å². The van der Waals surface area contributed by atoms with Gasteiger partial charge in [0.25, 0.3) is 5.91 Å². The summed E-state index contributed by atoms with van der Waals surface area (Å²) in [5.41, 5.74) is 7.87. The molecule has 3 nitrogen and oxygen atoms in total. The molecule has 0 bridgehead atoms. The molecule has 0 aliphatic heterocycles. The van der Waals surface area contributed by atoms with Gasteiger partial charge in [0.05, 0.1) is 0 Å². The zero-order valence-corrected chi connectivity index (χ0v) is 9.86. The van der Waals surface area contributed by atoms with Crippen LogP contribution in [0.4, 0.5) is 5.69 Å². The van der Waals surface area contributed by atoms with Gasteiger partial charge < -0.3 is 11.1 Å². The molecule has 0 spiro atoms. The van der Waals surface area contributed by atoms with Crippen molar-refractivity contribution in [1.82, 2.24) is 5.32 Å². The average Bonchev–Trinajstić information content (AvgIpc) is 2.22. The van der Waals surface area contributed by atoms with Crippen molar-refractivity contribution in [3.05, 3.63) is 29.3 Å². The molecule has 0 aliphatic rings. The summed E-state index contributed by atoms with van der Waals surface area (Å²) < 4.78 is 0. The molecule has 4 heteroatoms. The van der Waals surface area contributed by atoms with Gasteiger partial charge in [0.1, 0.15) is 0 Å². The highest BCUT2D eigenvalue weighted by atomic mass is 32.2. The van der Waals surface area contributed by atoms with E-state index in [4.69, 9.17) is 5.73 Å². The number of benzene rings is 1. The van der Waals surface area contributed by atoms with Crippen molar-refractivity contribution in [2.24, 2.45) is 0 Å². The van der Waals surface area contributed by atoms with E-state index in [9.17, 15) is 4.79 Å². The van der Waals surface area contributed by atoms with E-state index < -0.39 is 0 Å². The molecule has 0 atom stereocenters. The lowest BCUT2D eigenvalue weighted by molar-refractivity contribution is 0.0955. The van der Waals surface area contributed by atoms with E-state index in [0.717, 1.165) is 11.3 Å². The minimum absolute atomic E-state index is 0.0474. The van der Waals surface area contributed by atoms with Gasteiger partial charge in [-0.25, -0.2) is 0 Å². The number of hydrogen-bond donors (Lipinski definition) is 2. The van der Waals surface area contributed by atoms with E-state index in [-0.39, 0.29) is 5.91 Å². The van der Waals surface area contributed by atoms with Crippen LogP contribution in [0.15, 0.2) is 18.2 Å². The third-order valence-corrected chi connectivity index (χ3v) is 2.71. The lowest BCUT2D eigenvalue weighted by Gasteiger charge is -2.07. The summed E-state index contributed by atoms with van der Waals surface area (Å²) in [4.78, 5) is 11.7. The van der Waals surface area contributed by atoms with Crippen LogP contribution in [0.2, 0.25) is 0 Å². The van der Waals surface area contributed by atoms with Crippen molar-refractivity contribution in [3.63, 3.8) is 0 Å². The predicted octanol–water partition coefficient (Wildman–Crippen LogP) is 1.67. The fourth-order valence-corrected chi connectivity index (χ4v) is 1.55. The predicted molar refractivity (Wildman–Crippen MR) is 66.3 cm³/mol. The topological polar surface area (TPSA) is 55.1 Å². The van der Waals surface area contributed by atoms with Crippen molar-refractivity contribution in [1.29, 1.82) is 0 Å². The molecule has 0 aromatic heterocycles. The lowest BCUT2D eigenvalue weighted by Crippen LogP contribution is -2.26. The average molecular weight is 224 g/mol. The van der Waals surface area contributed by atoms with Gasteiger partial charge in [-0.1, -0.05) is 6.07 Å². The second-order valence-electron chi connectivity index (χ2n) is 3.32. The molecule has 1 aromatic carbocycles. The Hall–Kier alpha value is -1.16. The molecule has 1 amide bonds. The zero-order valence-electron chi connectivity index (χ0n) is 9.04. The fraction of sp³-hybridized carbons (Fsp3) is 0.364. The van der Waals surface area contributed by atoms with Crippen molar-refractivity contribution < 1.29 is 4.79 Å². The number of nitrogen functional groups attached to an aromatic ring is 1. The Bertz CT molecular complexity index is 352. The number of amides is 1. The molecular weight excluding hydrogens is 208 g/mol. The van der Waals surface area contributed by atoms with Gasteiger partial charge in [0, 0.05) is 23.5 Å². The normalized spacial score (nSPS) is 10.0. The number of nitrogens with one attached hydrogen (secondary N) is 1. The molecule has 0 saturated heterocycles. The Morgan fingerprint density at radius 2 is 2.27 bits per heavy atom. The summed E-state index contributed by atoms with van der Waals surface area (Å²) in [5, 5.41) is 2.85. The van der Waals surface area contributed by atoms with Gasteiger partial charge in [0.2, 0.25) is 0 Å². The molecule has 82 valence electrons. The molecule has 0 fully saturated rings. The Morgan fingerprint density at radius 1 is 1.53 bits per heavy atom. The summed E-state index contributed by atoms with van der Waals surface area (Å²) in [5.74, 6) is 0.876. The monoisotopic (exact) mass is 224 g/mol. The van der Waals surface area contributed by atoms with Crippen molar-refractivity contribution in [3.8, 4) is 0 Å². The van der Waals surface area contributed by atoms with Crippen LogP contribution in [-0.4, -0.2) is 24.5 Å². The number of thioether (sulfide) groups is 1. The maximum absolute atomic E-state index is 11.7. The number of anilines is 1. The van der Waals surface area contributed by atoms with Crippen LogP contribution in [0.5, 0.6) is 0 Å². The van der Waals surface area contributed by atoms with E-state index >= 15 is 0 Å². The van der Waals surface area contributed by atoms with E-state index in [1.54, 1.807) is 23.9 Å². The highest BCUT2D eigenvalue weighted by Crippen LogP contribution is 2.12. The molecule has 0 saturated carbocycles. The van der Waals surface area contributed by atoms with Crippen LogP contribution in [0.3, 0.4) is 0 Å². The van der Waals surface area contributed by atoms with Crippen LogP contribution in [0.25, 0.3) is 0 Å². The summed E-state index contributed by atoms with van der Waals surface area (Å²) >= 11 is 1.71. The summed E-state index contributed by atoms with van der Waals surface area (Å²) in [7, 11) is 0. The van der Waals surface area contributed by atoms with E-state index in [0.29, 0.717) is 17.8 Å². The van der Waals surface area contributed by atoms with Crippen LogP contribution < -0.4 is 11.1 Å². The summed E-state index contributed by atoms with van der Waals surface area (Å²) in [6.45, 7) is 2.59. The second-order valence-corrected chi connectivity index (χ2v) is 4.31. The summed E-state index contributed by atoms with van der Waals surface area (Å²) in [6.07, 6.45) is 2.01. The van der Waals surface area contributed by atoms with E-state index in [1.165, 1.54) is 0 Å². The first-order valence-corrected chi connectivity index (χ1v) is 6.18. The Balaban J connectivity index is 2.68. The number of hydrogen-bond acceptors (Lipinski definition) is 3. The molecule has 0 heterocycles. The molecule has 1 aromatic rings. The van der Waals surface area contributed by atoms with Gasteiger partial charge in [-0.05, 0) is 30.9 Å². The summed E-state index contributed by atoms with van der Waals surface area (Å²) in [6, 6.07) is 5.37. The van der Waals surface area contributed by atoms with Gasteiger partial charge in [0.15, 0.2) is 0 Å². The van der Waals surface area contributed by atoms with Crippen LogP contribution in [0.1, 0.15) is 15.9 Å². The molecule has 0 aliphatic carbocycles. The Kier molecular flexibility index (Phi) is 4.49. The quantitative estimate of drug-likeness (QED) is 0.604. The van der Waals surface area contributed by atoms with Crippen LogP contribution >= 0.6 is 11.8 Å². The number of rotatable bonds is 4. The van der Waals surface area contributed by atoms with E-state index in [1.807, 2.05) is 19.2 Å². The van der Waals surface area contributed by atoms with Gasteiger partial charge >= 0.3 is 0 Å². The maximum atomic E-state index is 11.7. The molecule has 0 radical (unpaired) electrons. The largest absolute Gasteiger partial charge is 0.399 e. The first kappa shape index (κ1) is 11.9. The molecule has 15 heavy (non-hydrogen) atoms. The minimum atomic E-state index is -0.0474. The number of carbonyl (C=O) groups is 1. The standard InChI is InChI=1S/C11H16N2OS/c1-8-3-4-9(12)7-10(8)11(14)13-5-6-15-2/h3-4,7H,5-6,12H2,1-2H3,(H,13,14). The van der Waals surface area contributed by atoms with Crippen molar-refractivity contribution in [2.45, 2.75) is 6.92 Å². The Labute approximate surface area is 94.4 Å². The SMILES string of the molecule is CSCCNC(=O)c1cc(N)ccc1C. The zero-order chi connectivity index (χ0) is 11.3. The third-order valence-electron chi connectivity index (χ3n) is 2.10. The van der Waals surface area contributed by atoms with Crippen molar-refractivity contribution >= 4 is 23.4 Å². The molecule has 0 unspecified atom stereocenters. The lowest BCUT2D eigenvalue weighted by atomic mass is 10.1. The fourth-order valence-electron chi connectivity index (χ4n) is 1.25. The first-order chi connectivity index (χ1) is 7.15. The maximum Gasteiger partial charge on any atom is 0.251 e. The van der Waals surface area contributed by atoms with E-state index in [2.05, 4.69) is 5.32 Å². The first-order valence-electron chi connectivity index (χ1n) is 4.78. The number of aryl methyl sites for hydroxylation is 1. The Morgan fingerprint density at radius 3 is 2.93 bits per heavy atom. The number of carbonyl (C=O) groups excluding carboxylic acids is 1. The highest BCUT2D eigenvalue weighted by Gasteiger charge is 2.07. The van der Waals surface area contributed by atoms with Gasteiger partial charge in [-0.3, -0.25) is 4.79 Å². The van der Waals surface area contributed by atoms with Gasteiger partial charge in [-0.15, -0.1) is 0 Å². The molecule has 1 rings (SSSR count). The van der Waals surface area contributed by atoms with Gasteiger partial charge in [-0.2, -0.15) is 11.8 Å². The smallest absolute Gasteiger partial charge is 0.251 e. The highest BCUT2D eigenvalue weighted by molar-refractivity contribution is 7.98. The molecular formula is C11H16N2OS. The minimum Gasteiger partial charge on any atom is -0.399 e.